The zero-order chi connectivity index (χ0) is 24.7. The first-order valence-electron chi connectivity index (χ1n) is 9.68. The van der Waals surface area contributed by atoms with Crippen LogP contribution >= 0.6 is 23.2 Å². The van der Waals surface area contributed by atoms with Gasteiger partial charge in [0.15, 0.2) is 6.10 Å². The molecule has 6 nitrogen and oxygen atoms in total. The van der Waals surface area contributed by atoms with Crippen molar-refractivity contribution in [3.05, 3.63) is 82.3 Å². The lowest BCUT2D eigenvalue weighted by atomic mass is 10.1. The zero-order valence-electron chi connectivity index (χ0n) is 17.0. The molecule has 1 aliphatic rings. The second-order valence-electron chi connectivity index (χ2n) is 7.25. The van der Waals surface area contributed by atoms with Crippen molar-refractivity contribution in [3.8, 4) is 5.75 Å². The molecule has 0 saturated heterocycles. The average molecular weight is 531 g/mol. The SMILES string of the molecule is O=C(Nc1ccc(Cl)c(C(F)(F)F)c1)C1CN(S(=O)(=O)c2ccc(Cl)cc2)c2ccccc2O1. The van der Waals surface area contributed by atoms with Crippen molar-refractivity contribution in [1.82, 2.24) is 0 Å². The molecule has 1 aliphatic heterocycles. The second-order valence-corrected chi connectivity index (χ2v) is 9.95. The van der Waals surface area contributed by atoms with Crippen LogP contribution in [0.5, 0.6) is 5.75 Å². The van der Waals surface area contributed by atoms with E-state index in [-0.39, 0.29) is 22.0 Å². The monoisotopic (exact) mass is 530 g/mol. The normalized spacial score (nSPS) is 15.9. The summed E-state index contributed by atoms with van der Waals surface area (Å²) in [5, 5.41) is 2.17. The van der Waals surface area contributed by atoms with E-state index in [0.717, 1.165) is 10.4 Å². The van der Waals surface area contributed by atoms with Gasteiger partial charge < -0.3 is 10.1 Å². The minimum Gasteiger partial charge on any atom is -0.476 e. The zero-order valence-corrected chi connectivity index (χ0v) is 19.3. The lowest BCUT2D eigenvalue weighted by molar-refractivity contribution is -0.137. The number of nitrogens with one attached hydrogen (secondary N) is 1. The third-order valence-corrected chi connectivity index (χ3v) is 7.34. The smallest absolute Gasteiger partial charge is 0.417 e. The number of nitrogens with zero attached hydrogens (tertiary/aromatic N) is 1. The number of amides is 1. The van der Waals surface area contributed by atoms with Gasteiger partial charge in [0.1, 0.15) is 5.75 Å². The number of rotatable bonds is 4. The highest BCUT2D eigenvalue weighted by Gasteiger charge is 2.38. The van der Waals surface area contributed by atoms with Crippen LogP contribution in [0, 0.1) is 0 Å². The van der Waals surface area contributed by atoms with Crippen LogP contribution < -0.4 is 14.4 Å². The van der Waals surface area contributed by atoms with E-state index < -0.39 is 45.3 Å². The molecule has 1 heterocycles. The van der Waals surface area contributed by atoms with Crippen molar-refractivity contribution in [2.45, 2.75) is 17.2 Å². The van der Waals surface area contributed by atoms with Crippen LogP contribution in [0.2, 0.25) is 10.0 Å². The molecule has 0 fully saturated rings. The first kappa shape index (κ1) is 24.2. The molecule has 0 aliphatic carbocycles. The van der Waals surface area contributed by atoms with Crippen LogP contribution in [-0.4, -0.2) is 27.0 Å². The minimum absolute atomic E-state index is 0.0553. The average Bonchev–Trinajstić information content (AvgIpc) is 2.79. The summed E-state index contributed by atoms with van der Waals surface area (Å²) in [7, 11) is -4.11. The number of para-hydroxylation sites is 2. The van der Waals surface area contributed by atoms with Crippen LogP contribution in [-0.2, 0) is 21.0 Å². The molecule has 0 radical (unpaired) electrons. The Hall–Kier alpha value is -2.95. The first-order chi connectivity index (χ1) is 16.0. The fourth-order valence-corrected chi connectivity index (χ4v) is 5.17. The van der Waals surface area contributed by atoms with Crippen LogP contribution in [0.25, 0.3) is 0 Å². The molecule has 3 aromatic carbocycles. The van der Waals surface area contributed by atoms with Crippen LogP contribution in [0.3, 0.4) is 0 Å². The van der Waals surface area contributed by atoms with Crippen molar-refractivity contribution < 1.29 is 31.1 Å². The van der Waals surface area contributed by atoms with Crippen molar-refractivity contribution in [2.24, 2.45) is 0 Å². The number of carbonyl (C=O) groups excluding carboxylic acids is 1. The van der Waals surface area contributed by atoms with Crippen molar-refractivity contribution >= 4 is 50.5 Å². The largest absolute Gasteiger partial charge is 0.476 e. The summed E-state index contributed by atoms with van der Waals surface area (Å²) in [6.07, 6.45) is -6.07. The molecular formula is C22H15Cl2F3N2O4S. The lowest BCUT2D eigenvalue weighted by Crippen LogP contribution is -2.48. The molecule has 12 heteroatoms. The molecule has 0 bridgehead atoms. The Morgan fingerprint density at radius 1 is 1.03 bits per heavy atom. The van der Waals surface area contributed by atoms with Crippen LogP contribution in [0.15, 0.2) is 71.6 Å². The summed E-state index contributed by atoms with van der Waals surface area (Å²) < 4.78 is 72.8. The summed E-state index contributed by atoms with van der Waals surface area (Å²) in [5.41, 5.74) is -1.07. The molecule has 3 aromatic rings. The van der Waals surface area contributed by atoms with Crippen LogP contribution in [0.4, 0.5) is 24.5 Å². The number of fused-ring (bicyclic) bond motifs is 1. The lowest BCUT2D eigenvalue weighted by Gasteiger charge is -2.34. The number of anilines is 2. The number of sulfonamides is 1. The van der Waals surface area contributed by atoms with E-state index in [1.807, 2.05) is 0 Å². The molecule has 4 rings (SSSR count). The number of ether oxygens (including phenoxy) is 1. The number of benzene rings is 3. The number of hydrogen-bond acceptors (Lipinski definition) is 4. The molecule has 0 saturated carbocycles. The first-order valence-corrected chi connectivity index (χ1v) is 11.9. The predicted octanol–water partition coefficient (Wildman–Crippen LogP) is 5.61. The molecule has 178 valence electrons. The van der Waals surface area contributed by atoms with Gasteiger partial charge in [0.05, 0.1) is 27.7 Å². The van der Waals surface area contributed by atoms with Gasteiger partial charge >= 0.3 is 6.18 Å². The number of carbonyl (C=O) groups is 1. The van der Waals surface area contributed by atoms with E-state index in [4.69, 9.17) is 27.9 Å². The fraction of sp³-hybridized carbons (Fsp3) is 0.136. The quantitative estimate of drug-likeness (QED) is 0.475. The molecule has 1 N–H and O–H groups in total. The van der Waals surface area contributed by atoms with E-state index in [1.54, 1.807) is 12.1 Å². The molecule has 1 unspecified atom stereocenters. The van der Waals surface area contributed by atoms with E-state index in [0.29, 0.717) is 11.1 Å². The van der Waals surface area contributed by atoms with Crippen LogP contribution in [0.1, 0.15) is 5.56 Å². The Balaban J connectivity index is 1.65. The van der Waals surface area contributed by atoms with E-state index in [2.05, 4.69) is 5.32 Å². The minimum atomic E-state index is -4.72. The number of hydrogen-bond donors (Lipinski definition) is 1. The summed E-state index contributed by atoms with van der Waals surface area (Å²) in [6, 6.07) is 14.6. The maximum absolute atomic E-state index is 13.3. The number of halogens is 5. The standard InChI is InChI=1S/C22H15Cl2F3N2O4S/c23-13-5-8-15(9-6-13)34(31,32)29-12-20(33-19-4-2-1-3-18(19)29)21(30)28-14-7-10-17(24)16(11-14)22(25,26)27/h1-11,20H,12H2,(H,28,30). The molecule has 0 spiro atoms. The summed E-state index contributed by atoms with van der Waals surface area (Å²) in [4.78, 5) is 12.8. The van der Waals surface area contributed by atoms with E-state index in [9.17, 15) is 26.4 Å². The van der Waals surface area contributed by atoms with Gasteiger partial charge in [0.25, 0.3) is 15.9 Å². The van der Waals surface area contributed by atoms with Gasteiger partial charge in [0.2, 0.25) is 0 Å². The highest BCUT2D eigenvalue weighted by atomic mass is 35.5. The molecule has 0 aromatic heterocycles. The van der Waals surface area contributed by atoms with Gasteiger partial charge in [-0.25, -0.2) is 8.42 Å². The van der Waals surface area contributed by atoms with Gasteiger partial charge in [-0.15, -0.1) is 0 Å². The topological polar surface area (TPSA) is 75.7 Å². The van der Waals surface area contributed by atoms with Crippen molar-refractivity contribution in [2.75, 3.05) is 16.2 Å². The molecule has 1 atom stereocenters. The highest BCUT2D eigenvalue weighted by Crippen LogP contribution is 2.38. The molecule has 1 amide bonds. The summed E-state index contributed by atoms with van der Waals surface area (Å²) >= 11 is 11.5. The third kappa shape index (κ3) is 4.79. The molecular weight excluding hydrogens is 516 g/mol. The number of alkyl halides is 3. The van der Waals surface area contributed by atoms with Crippen molar-refractivity contribution in [1.29, 1.82) is 0 Å². The van der Waals surface area contributed by atoms with Gasteiger partial charge in [-0.1, -0.05) is 35.3 Å². The Morgan fingerprint density at radius 2 is 1.71 bits per heavy atom. The van der Waals surface area contributed by atoms with Gasteiger partial charge in [-0.3, -0.25) is 9.10 Å². The Bertz CT molecular complexity index is 1350. The van der Waals surface area contributed by atoms with Gasteiger partial charge in [0, 0.05) is 10.7 Å². The second kappa shape index (κ2) is 9.01. The predicted molar refractivity (Wildman–Crippen MR) is 122 cm³/mol. The van der Waals surface area contributed by atoms with Gasteiger partial charge in [-0.2, -0.15) is 13.2 Å². The maximum Gasteiger partial charge on any atom is 0.417 e. The molecule has 34 heavy (non-hydrogen) atoms. The van der Waals surface area contributed by atoms with E-state index >= 15 is 0 Å². The van der Waals surface area contributed by atoms with Gasteiger partial charge in [-0.05, 0) is 54.6 Å². The van der Waals surface area contributed by atoms with Crippen molar-refractivity contribution in [3.63, 3.8) is 0 Å². The maximum atomic E-state index is 13.3. The third-order valence-electron chi connectivity index (χ3n) is 4.97. The Morgan fingerprint density at radius 3 is 2.38 bits per heavy atom. The highest BCUT2D eigenvalue weighted by molar-refractivity contribution is 7.92. The Kier molecular flexibility index (Phi) is 6.41. The summed E-state index contributed by atoms with van der Waals surface area (Å²) in [5.74, 6) is -0.709. The Labute approximate surface area is 202 Å². The fourth-order valence-electron chi connectivity index (χ4n) is 3.34. The summed E-state index contributed by atoms with van der Waals surface area (Å²) in [6.45, 7) is -0.409. The van der Waals surface area contributed by atoms with E-state index in [1.165, 1.54) is 42.5 Å².